The van der Waals surface area contributed by atoms with Crippen LogP contribution in [0, 0.1) is 17.3 Å². The molecule has 1 aliphatic carbocycles. The van der Waals surface area contributed by atoms with Crippen LogP contribution in [0.15, 0.2) is 0 Å². The van der Waals surface area contributed by atoms with Gasteiger partial charge in [-0.3, -0.25) is 0 Å². The fraction of sp³-hybridized carbons (Fsp3) is 1.00. The lowest BCUT2D eigenvalue weighted by atomic mass is 9.83. The third-order valence-electron chi connectivity index (χ3n) is 5.35. The molecule has 1 aliphatic heterocycles. The maximum atomic E-state index is 5.76. The summed E-state index contributed by atoms with van der Waals surface area (Å²) in [6.07, 6.45) is 6.81. The molecule has 3 atom stereocenters. The van der Waals surface area contributed by atoms with Gasteiger partial charge >= 0.3 is 0 Å². The topological polar surface area (TPSA) is 24.5 Å². The molecule has 1 N–H and O–H groups in total. The van der Waals surface area contributed by atoms with Crippen molar-refractivity contribution in [3.63, 3.8) is 0 Å². The van der Waals surface area contributed by atoms with Crippen LogP contribution < -0.4 is 5.32 Å². The number of hydrogen-bond acceptors (Lipinski definition) is 3. The molecule has 2 rings (SSSR count). The standard InChI is InChI=1S/C18H36N2O/c1-15(2)11-19-12-18(8-9-21-14-18)13-20(4)17-7-5-6-16(3)10-17/h15-17,19H,5-14H2,1-4H3. The van der Waals surface area contributed by atoms with E-state index in [-0.39, 0.29) is 0 Å². The monoisotopic (exact) mass is 296 g/mol. The van der Waals surface area contributed by atoms with Crippen molar-refractivity contribution in [1.29, 1.82) is 0 Å². The molecular weight excluding hydrogens is 260 g/mol. The van der Waals surface area contributed by atoms with Crippen LogP contribution in [-0.4, -0.2) is 50.8 Å². The van der Waals surface area contributed by atoms with E-state index in [1.54, 1.807) is 0 Å². The van der Waals surface area contributed by atoms with Gasteiger partial charge in [0, 0.05) is 31.2 Å². The first-order valence-corrected chi connectivity index (χ1v) is 8.99. The van der Waals surface area contributed by atoms with Crippen LogP contribution in [0.25, 0.3) is 0 Å². The Morgan fingerprint density at radius 1 is 1.33 bits per heavy atom. The van der Waals surface area contributed by atoms with Gasteiger partial charge in [0.2, 0.25) is 0 Å². The highest BCUT2D eigenvalue weighted by Crippen LogP contribution is 2.32. The van der Waals surface area contributed by atoms with Crippen molar-refractivity contribution in [1.82, 2.24) is 10.2 Å². The maximum absolute atomic E-state index is 5.76. The van der Waals surface area contributed by atoms with E-state index in [4.69, 9.17) is 4.74 Å². The van der Waals surface area contributed by atoms with Crippen molar-refractivity contribution in [2.45, 2.75) is 58.9 Å². The summed E-state index contributed by atoms with van der Waals surface area (Å²) >= 11 is 0. The van der Waals surface area contributed by atoms with Crippen molar-refractivity contribution >= 4 is 0 Å². The van der Waals surface area contributed by atoms with Crippen LogP contribution >= 0.6 is 0 Å². The Kier molecular flexibility index (Phi) is 6.51. The molecule has 21 heavy (non-hydrogen) atoms. The highest BCUT2D eigenvalue weighted by Gasteiger charge is 2.37. The average Bonchev–Trinajstić information content (AvgIpc) is 2.87. The van der Waals surface area contributed by atoms with Crippen LogP contribution in [-0.2, 0) is 4.74 Å². The Morgan fingerprint density at radius 2 is 2.14 bits per heavy atom. The highest BCUT2D eigenvalue weighted by atomic mass is 16.5. The van der Waals surface area contributed by atoms with E-state index in [2.05, 4.69) is 38.0 Å². The van der Waals surface area contributed by atoms with Gasteiger partial charge in [0.15, 0.2) is 0 Å². The SMILES string of the molecule is CC(C)CNCC1(CN(C)C2CCCC(C)C2)CCOC1. The van der Waals surface area contributed by atoms with Gasteiger partial charge in [0.25, 0.3) is 0 Å². The predicted molar refractivity (Wildman–Crippen MR) is 89.6 cm³/mol. The first-order chi connectivity index (χ1) is 10.0. The molecule has 0 amide bonds. The Morgan fingerprint density at radius 3 is 2.76 bits per heavy atom. The van der Waals surface area contributed by atoms with E-state index in [1.807, 2.05) is 0 Å². The lowest BCUT2D eigenvalue weighted by molar-refractivity contribution is 0.0810. The fourth-order valence-corrected chi connectivity index (χ4v) is 4.06. The number of rotatable bonds is 7. The lowest BCUT2D eigenvalue weighted by Crippen LogP contribution is -2.48. The predicted octanol–water partition coefficient (Wildman–Crippen LogP) is 3.15. The van der Waals surface area contributed by atoms with Crippen LogP contribution in [0.2, 0.25) is 0 Å². The summed E-state index contributed by atoms with van der Waals surface area (Å²) in [6, 6.07) is 0.788. The molecule has 1 saturated carbocycles. The van der Waals surface area contributed by atoms with Crippen molar-refractivity contribution in [3.05, 3.63) is 0 Å². The maximum Gasteiger partial charge on any atom is 0.0547 e. The van der Waals surface area contributed by atoms with Crippen molar-refractivity contribution in [3.8, 4) is 0 Å². The summed E-state index contributed by atoms with van der Waals surface area (Å²) in [5.41, 5.74) is 0.338. The minimum atomic E-state index is 0.338. The Bertz CT molecular complexity index is 300. The van der Waals surface area contributed by atoms with E-state index >= 15 is 0 Å². The van der Waals surface area contributed by atoms with Gasteiger partial charge in [0.05, 0.1) is 6.61 Å². The van der Waals surface area contributed by atoms with Crippen LogP contribution in [0.5, 0.6) is 0 Å². The van der Waals surface area contributed by atoms with Gasteiger partial charge in [-0.1, -0.05) is 33.6 Å². The molecule has 1 heterocycles. The number of nitrogens with one attached hydrogen (secondary N) is 1. The molecule has 124 valence electrons. The van der Waals surface area contributed by atoms with E-state index in [0.717, 1.165) is 44.2 Å². The first kappa shape index (κ1) is 17.2. The zero-order chi connectivity index (χ0) is 15.3. The lowest BCUT2D eigenvalue weighted by Gasteiger charge is -2.39. The summed E-state index contributed by atoms with van der Waals surface area (Å²) < 4.78 is 5.76. The molecular formula is C18H36N2O. The third kappa shape index (κ3) is 5.22. The number of ether oxygens (including phenoxy) is 1. The molecule has 0 aromatic heterocycles. The van der Waals surface area contributed by atoms with E-state index < -0.39 is 0 Å². The van der Waals surface area contributed by atoms with Gasteiger partial charge in [-0.2, -0.15) is 0 Å². The summed E-state index contributed by atoms with van der Waals surface area (Å²) in [6.45, 7) is 12.3. The van der Waals surface area contributed by atoms with E-state index in [9.17, 15) is 0 Å². The van der Waals surface area contributed by atoms with Gasteiger partial charge in [0.1, 0.15) is 0 Å². The van der Waals surface area contributed by atoms with Gasteiger partial charge in [-0.15, -0.1) is 0 Å². The van der Waals surface area contributed by atoms with Crippen LogP contribution in [0.4, 0.5) is 0 Å². The van der Waals surface area contributed by atoms with Crippen LogP contribution in [0.1, 0.15) is 52.9 Å². The molecule has 1 saturated heterocycles. The Hall–Kier alpha value is -0.120. The first-order valence-electron chi connectivity index (χ1n) is 8.99. The molecule has 0 aromatic rings. The molecule has 0 radical (unpaired) electrons. The molecule has 3 unspecified atom stereocenters. The molecule has 0 aromatic carbocycles. The van der Waals surface area contributed by atoms with Crippen molar-refractivity contribution in [2.24, 2.45) is 17.3 Å². The minimum Gasteiger partial charge on any atom is -0.381 e. The van der Waals surface area contributed by atoms with Gasteiger partial charge in [-0.05, 0) is 44.7 Å². The molecule has 3 heteroatoms. The molecule has 0 spiro atoms. The molecule has 2 aliphatic rings. The van der Waals surface area contributed by atoms with E-state index in [0.29, 0.717) is 5.41 Å². The number of nitrogens with zero attached hydrogens (tertiary/aromatic N) is 1. The average molecular weight is 296 g/mol. The zero-order valence-corrected chi connectivity index (χ0v) is 14.7. The van der Waals surface area contributed by atoms with Crippen molar-refractivity contribution in [2.75, 3.05) is 39.9 Å². The van der Waals surface area contributed by atoms with Crippen LogP contribution in [0.3, 0.4) is 0 Å². The Labute approximate surface area is 131 Å². The number of hydrogen-bond donors (Lipinski definition) is 1. The zero-order valence-electron chi connectivity index (χ0n) is 14.7. The summed E-state index contributed by atoms with van der Waals surface area (Å²) in [4.78, 5) is 2.64. The third-order valence-corrected chi connectivity index (χ3v) is 5.35. The summed E-state index contributed by atoms with van der Waals surface area (Å²) in [5, 5.41) is 3.68. The smallest absolute Gasteiger partial charge is 0.0547 e. The largest absolute Gasteiger partial charge is 0.381 e. The normalized spacial score (nSPS) is 34.0. The van der Waals surface area contributed by atoms with E-state index in [1.165, 1.54) is 38.6 Å². The molecule has 3 nitrogen and oxygen atoms in total. The minimum absolute atomic E-state index is 0.338. The molecule has 2 fully saturated rings. The Balaban J connectivity index is 1.86. The fourth-order valence-electron chi connectivity index (χ4n) is 4.06. The van der Waals surface area contributed by atoms with Gasteiger partial charge in [-0.25, -0.2) is 0 Å². The second-order valence-corrected chi connectivity index (χ2v) is 8.17. The quantitative estimate of drug-likeness (QED) is 0.781. The highest BCUT2D eigenvalue weighted by molar-refractivity contribution is 4.90. The second kappa shape index (κ2) is 7.94. The second-order valence-electron chi connectivity index (χ2n) is 8.17. The molecule has 0 bridgehead atoms. The summed E-state index contributed by atoms with van der Waals surface area (Å²) in [7, 11) is 2.34. The van der Waals surface area contributed by atoms with Crippen molar-refractivity contribution < 1.29 is 4.74 Å². The van der Waals surface area contributed by atoms with Gasteiger partial charge < -0.3 is 15.0 Å². The summed E-state index contributed by atoms with van der Waals surface area (Å²) in [5.74, 6) is 1.63.